The molecule has 4 atom stereocenters. The number of β-lactam (4-membered cyclic amide) rings is 1. The third kappa shape index (κ3) is 5.88. The van der Waals surface area contributed by atoms with Crippen molar-refractivity contribution in [3.8, 4) is 0 Å². The third-order valence-corrected chi connectivity index (χ3v) is 11.1. The summed E-state index contributed by atoms with van der Waals surface area (Å²) in [6, 6.07) is 14.6. The Hall–Kier alpha value is -4.04. The number of rotatable bonds is 9. The minimum Gasteiger partial charge on any atom is -0.459 e. The van der Waals surface area contributed by atoms with Gasteiger partial charge in [0.25, 0.3) is 5.91 Å². The molecule has 0 spiro atoms. The third-order valence-electron chi connectivity index (χ3n) is 8.18. The molecule has 5 rings (SSSR count). The van der Waals surface area contributed by atoms with Gasteiger partial charge in [0, 0.05) is 24.4 Å². The van der Waals surface area contributed by atoms with Crippen molar-refractivity contribution < 1.29 is 33.5 Å². The fourth-order valence-electron chi connectivity index (χ4n) is 5.74. The molecule has 0 aromatic heterocycles. The number of benzene rings is 2. The summed E-state index contributed by atoms with van der Waals surface area (Å²) in [5.41, 5.74) is 1.23. The molecule has 3 aliphatic heterocycles. The van der Waals surface area contributed by atoms with Gasteiger partial charge in [-0.1, -0.05) is 60.7 Å². The van der Waals surface area contributed by atoms with Gasteiger partial charge in [-0.15, -0.1) is 23.5 Å². The van der Waals surface area contributed by atoms with E-state index in [1.54, 1.807) is 43.5 Å². The second-order valence-corrected chi connectivity index (χ2v) is 14.1. The molecule has 3 fully saturated rings. The van der Waals surface area contributed by atoms with E-state index in [1.165, 1.54) is 21.6 Å². The van der Waals surface area contributed by atoms with Crippen molar-refractivity contribution in [1.82, 2.24) is 25.3 Å². The SMILES string of the molecule is CCN1CCN(C(=O)NC(C(=O)N[C@]2(SC)C(=O)N3[C@@H](C(=O)OCc4ccccc4)C(C)(C)S[C@@H]32)c2ccccc2)C(=O)C1=O. The molecule has 3 heterocycles. The predicted octanol–water partition coefficient (Wildman–Crippen LogP) is 2.11. The molecule has 0 bridgehead atoms. The normalized spacial score (nSPS) is 24.4. The number of hydrogen-bond donors (Lipinski definition) is 2. The fourth-order valence-corrected chi connectivity index (χ4v) is 8.55. The molecule has 2 aromatic rings. The maximum Gasteiger partial charge on any atom is 0.330 e. The maximum absolute atomic E-state index is 14.0. The van der Waals surface area contributed by atoms with Crippen molar-refractivity contribution in [3.63, 3.8) is 0 Å². The minimum absolute atomic E-state index is 0.0227. The van der Waals surface area contributed by atoms with Crippen molar-refractivity contribution in [3.05, 3.63) is 71.8 Å². The largest absolute Gasteiger partial charge is 0.459 e. The number of hydrogen-bond acceptors (Lipinski definition) is 9. The average Bonchev–Trinajstić information content (AvgIpc) is 3.31. The summed E-state index contributed by atoms with van der Waals surface area (Å²) in [6.45, 7) is 6.00. The van der Waals surface area contributed by atoms with E-state index in [0.717, 1.165) is 22.2 Å². The Morgan fingerprint density at radius 1 is 1.00 bits per heavy atom. The average molecular weight is 654 g/mol. The topological polar surface area (TPSA) is 145 Å². The number of amides is 6. The van der Waals surface area contributed by atoms with Gasteiger partial charge < -0.3 is 25.2 Å². The first-order chi connectivity index (χ1) is 21.4. The Bertz CT molecular complexity index is 1510. The summed E-state index contributed by atoms with van der Waals surface area (Å²) in [6.07, 6.45) is 1.69. The molecule has 6 amide bonds. The van der Waals surface area contributed by atoms with Gasteiger partial charge >= 0.3 is 23.8 Å². The number of carbonyl (C=O) groups is 6. The fraction of sp³-hybridized carbons (Fsp3) is 0.419. The monoisotopic (exact) mass is 653 g/mol. The lowest BCUT2D eigenvalue weighted by molar-refractivity contribution is -0.167. The molecule has 0 saturated carbocycles. The Morgan fingerprint density at radius 2 is 1.64 bits per heavy atom. The Kier molecular flexibility index (Phi) is 9.17. The van der Waals surface area contributed by atoms with Crippen molar-refractivity contribution in [2.45, 2.75) is 54.5 Å². The van der Waals surface area contributed by atoms with E-state index in [4.69, 9.17) is 4.74 Å². The Morgan fingerprint density at radius 3 is 2.27 bits per heavy atom. The lowest BCUT2D eigenvalue weighted by atomic mass is 9.95. The van der Waals surface area contributed by atoms with E-state index in [2.05, 4.69) is 10.6 Å². The van der Waals surface area contributed by atoms with Gasteiger partial charge in [0.05, 0.1) is 0 Å². The van der Waals surface area contributed by atoms with Crippen LogP contribution in [-0.2, 0) is 35.3 Å². The van der Waals surface area contributed by atoms with Crippen LogP contribution in [0, 0.1) is 0 Å². The summed E-state index contributed by atoms with van der Waals surface area (Å²) in [4.78, 5) is 81.7. The first-order valence-electron chi connectivity index (χ1n) is 14.5. The van der Waals surface area contributed by atoms with Gasteiger partial charge in [0.2, 0.25) is 5.91 Å². The summed E-state index contributed by atoms with van der Waals surface area (Å²) in [5.74, 6) is -3.45. The highest BCUT2D eigenvalue weighted by atomic mass is 32.2. The van der Waals surface area contributed by atoms with E-state index in [9.17, 15) is 28.8 Å². The molecule has 238 valence electrons. The van der Waals surface area contributed by atoms with Crippen LogP contribution in [-0.4, -0.2) is 97.3 Å². The summed E-state index contributed by atoms with van der Waals surface area (Å²) < 4.78 is 4.89. The zero-order valence-electron chi connectivity index (χ0n) is 25.3. The van der Waals surface area contributed by atoms with E-state index in [0.29, 0.717) is 12.1 Å². The highest BCUT2D eigenvalue weighted by Crippen LogP contribution is 2.58. The molecule has 14 heteroatoms. The number of fused-ring (bicyclic) bond motifs is 1. The number of thioether (sulfide) groups is 2. The number of esters is 1. The molecule has 0 aliphatic carbocycles. The summed E-state index contributed by atoms with van der Waals surface area (Å²) >= 11 is 2.52. The quantitative estimate of drug-likeness (QED) is 0.180. The van der Waals surface area contributed by atoms with Gasteiger partial charge in [0.1, 0.15) is 24.1 Å². The highest BCUT2D eigenvalue weighted by molar-refractivity contribution is 8.05. The molecule has 12 nitrogen and oxygen atoms in total. The number of likely N-dealkylation sites (N-methyl/N-ethyl adjacent to an activating group) is 1. The summed E-state index contributed by atoms with van der Waals surface area (Å²) in [5, 5.41) is 4.87. The second-order valence-electron chi connectivity index (χ2n) is 11.3. The molecular formula is C31H35N5O7S2. The van der Waals surface area contributed by atoms with Crippen LogP contribution in [0.15, 0.2) is 60.7 Å². The number of imide groups is 1. The van der Waals surface area contributed by atoms with Crippen molar-refractivity contribution >= 4 is 59.2 Å². The molecule has 45 heavy (non-hydrogen) atoms. The number of nitrogens with one attached hydrogen (secondary N) is 2. The zero-order chi connectivity index (χ0) is 32.5. The predicted molar refractivity (Wildman–Crippen MR) is 168 cm³/mol. The number of ether oxygens (including phenoxy) is 1. The van der Waals surface area contributed by atoms with E-state index in [-0.39, 0.29) is 19.7 Å². The van der Waals surface area contributed by atoms with Gasteiger partial charge in [0.15, 0.2) is 4.87 Å². The van der Waals surface area contributed by atoms with E-state index < -0.39 is 62.7 Å². The van der Waals surface area contributed by atoms with Gasteiger partial charge in [-0.05, 0) is 38.2 Å². The minimum atomic E-state index is -1.43. The molecule has 1 unspecified atom stereocenters. The van der Waals surface area contributed by atoms with Crippen molar-refractivity contribution in [1.29, 1.82) is 0 Å². The number of urea groups is 1. The summed E-state index contributed by atoms with van der Waals surface area (Å²) in [7, 11) is 0. The Balaban J connectivity index is 1.34. The van der Waals surface area contributed by atoms with Gasteiger partial charge in [-0.25, -0.2) is 9.59 Å². The van der Waals surface area contributed by atoms with Crippen LogP contribution in [0.2, 0.25) is 0 Å². The Labute approximate surface area is 269 Å². The molecule has 3 saturated heterocycles. The van der Waals surface area contributed by atoms with Crippen LogP contribution < -0.4 is 10.6 Å². The molecule has 2 N–H and O–H groups in total. The van der Waals surface area contributed by atoms with E-state index in [1.807, 2.05) is 44.2 Å². The smallest absolute Gasteiger partial charge is 0.330 e. The van der Waals surface area contributed by atoms with Gasteiger partial charge in [-0.3, -0.25) is 24.1 Å². The number of piperazine rings is 1. The first-order valence-corrected chi connectivity index (χ1v) is 16.6. The first kappa shape index (κ1) is 32.4. The van der Waals surface area contributed by atoms with Crippen LogP contribution in [0.3, 0.4) is 0 Å². The number of nitrogens with zero attached hydrogens (tertiary/aromatic N) is 3. The lowest BCUT2D eigenvalue weighted by Crippen LogP contribution is -2.78. The maximum atomic E-state index is 14.0. The van der Waals surface area contributed by atoms with Crippen LogP contribution in [0.4, 0.5) is 4.79 Å². The van der Waals surface area contributed by atoms with Gasteiger partial charge in [-0.2, -0.15) is 0 Å². The van der Waals surface area contributed by atoms with Crippen LogP contribution in [0.5, 0.6) is 0 Å². The zero-order valence-corrected chi connectivity index (χ0v) is 27.0. The van der Waals surface area contributed by atoms with Crippen LogP contribution in [0.1, 0.15) is 37.9 Å². The molecule has 0 radical (unpaired) electrons. The second kappa shape index (κ2) is 12.8. The van der Waals surface area contributed by atoms with Crippen LogP contribution >= 0.6 is 23.5 Å². The van der Waals surface area contributed by atoms with Crippen LogP contribution in [0.25, 0.3) is 0 Å². The lowest BCUT2D eigenvalue weighted by Gasteiger charge is -2.52. The highest BCUT2D eigenvalue weighted by Gasteiger charge is 2.72. The molecule has 2 aromatic carbocycles. The standard InChI is InChI=1S/C31H35N5O7S2/c1-5-34-16-17-35(25(39)24(34)38)29(42)32-21(20-14-10-7-11-15-20)23(37)33-31(44-4)27(41)36-22(30(2,3)45-28(31)36)26(40)43-18-19-12-8-6-9-13-19/h6-15,21-22,28H,5,16-18H2,1-4H3,(H,32,42)(H,33,37)/t21?,22-,28+,31-/m0/s1. The van der Waals surface area contributed by atoms with Crippen molar-refractivity contribution in [2.75, 3.05) is 25.9 Å². The molecular weight excluding hydrogens is 619 g/mol. The molecule has 3 aliphatic rings. The van der Waals surface area contributed by atoms with Crippen molar-refractivity contribution in [2.24, 2.45) is 0 Å². The number of carbonyl (C=O) groups excluding carboxylic acids is 6. The van der Waals surface area contributed by atoms with E-state index >= 15 is 0 Å².